The summed E-state index contributed by atoms with van der Waals surface area (Å²) in [5.74, 6) is 0.378. The topological polar surface area (TPSA) is 81.2 Å². The van der Waals surface area contributed by atoms with Crippen LogP contribution in [0.25, 0.3) is 22.2 Å². The van der Waals surface area contributed by atoms with Crippen molar-refractivity contribution in [2.24, 2.45) is 5.92 Å². The van der Waals surface area contributed by atoms with Crippen molar-refractivity contribution in [3.05, 3.63) is 83.9 Å². The van der Waals surface area contributed by atoms with Crippen molar-refractivity contribution in [2.45, 2.75) is 70.2 Å². The summed E-state index contributed by atoms with van der Waals surface area (Å²) < 4.78 is 0. The molecular formula is C32H36N4O2. The molecule has 38 heavy (non-hydrogen) atoms. The fraction of sp³-hybridized carbons (Fsp3) is 0.375. The van der Waals surface area contributed by atoms with E-state index in [4.69, 9.17) is 0 Å². The summed E-state index contributed by atoms with van der Waals surface area (Å²) in [5.41, 5.74) is 5.74. The molecule has 0 saturated carbocycles. The Morgan fingerprint density at radius 1 is 1.03 bits per heavy atom. The number of aromatic amines is 1. The number of anilines is 1. The Bertz CT molecular complexity index is 1400. The third-order valence-electron chi connectivity index (χ3n) is 8.19. The van der Waals surface area contributed by atoms with Gasteiger partial charge in [-0.2, -0.15) is 5.10 Å². The Kier molecular flexibility index (Phi) is 6.66. The standard InChI is InChI=1S/C32H36N4O2/c1-20(2)16-30(21-6-4-3-5-7-21)33-32(38)23-10-15-29-28(17-23)31(35-34-29)22-8-11-24(12-9-22)36-25-13-14-26(36)19-27(37)18-25/h3-12,15,17,20,25-27,30,37H,13-14,16,18-19H2,1-2H3,(H,33,38)(H,34,35)/t25-,26+,27+,30-/m0/s1. The Labute approximate surface area is 224 Å². The Morgan fingerprint density at radius 3 is 2.42 bits per heavy atom. The average molecular weight is 509 g/mol. The quantitative estimate of drug-likeness (QED) is 0.276. The lowest BCUT2D eigenvalue weighted by molar-refractivity contribution is 0.0932. The van der Waals surface area contributed by atoms with E-state index in [0.29, 0.717) is 23.6 Å². The van der Waals surface area contributed by atoms with Crippen molar-refractivity contribution < 1.29 is 9.90 Å². The molecule has 3 heterocycles. The lowest BCUT2D eigenvalue weighted by Crippen LogP contribution is -2.44. The molecule has 6 rings (SSSR count). The van der Waals surface area contributed by atoms with Crippen molar-refractivity contribution in [3.63, 3.8) is 0 Å². The molecule has 1 amide bonds. The number of benzene rings is 3. The van der Waals surface area contributed by atoms with Gasteiger partial charge in [-0.1, -0.05) is 56.3 Å². The number of hydrogen-bond acceptors (Lipinski definition) is 4. The number of H-pyrrole nitrogens is 1. The van der Waals surface area contributed by atoms with E-state index < -0.39 is 0 Å². The van der Waals surface area contributed by atoms with Gasteiger partial charge in [0.1, 0.15) is 0 Å². The minimum Gasteiger partial charge on any atom is -0.393 e. The number of nitrogens with zero attached hydrogens (tertiary/aromatic N) is 2. The summed E-state index contributed by atoms with van der Waals surface area (Å²) in [7, 11) is 0. The van der Waals surface area contributed by atoms with Crippen LogP contribution in [0.3, 0.4) is 0 Å². The molecule has 1 aromatic heterocycles. The first-order valence-electron chi connectivity index (χ1n) is 13.9. The monoisotopic (exact) mass is 508 g/mol. The predicted molar refractivity (Wildman–Crippen MR) is 152 cm³/mol. The lowest BCUT2D eigenvalue weighted by atomic mass is 9.96. The number of fused-ring (bicyclic) bond motifs is 3. The van der Waals surface area contributed by atoms with Gasteiger partial charge in [-0.05, 0) is 73.9 Å². The van der Waals surface area contributed by atoms with Crippen molar-refractivity contribution in [1.29, 1.82) is 0 Å². The molecule has 2 aliphatic heterocycles. The highest BCUT2D eigenvalue weighted by Gasteiger charge is 2.40. The molecular weight excluding hydrogens is 472 g/mol. The van der Waals surface area contributed by atoms with Gasteiger partial charge in [0.2, 0.25) is 0 Å². The molecule has 2 bridgehead atoms. The maximum atomic E-state index is 13.4. The Hall–Kier alpha value is -3.64. The van der Waals surface area contributed by atoms with E-state index in [-0.39, 0.29) is 18.1 Å². The molecule has 2 fully saturated rings. The molecule has 4 atom stereocenters. The molecule has 2 aliphatic rings. The number of aliphatic hydroxyl groups excluding tert-OH is 1. The van der Waals surface area contributed by atoms with Crippen molar-refractivity contribution in [3.8, 4) is 11.3 Å². The van der Waals surface area contributed by atoms with E-state index in [2.05, 4.69) is 70.7 Å². The number of carbonyl (C=O) groups excluding carboxylic acids is 1. The van der Waals surface area contributed by atoms with E-state index in [0.717, 1.165) is 59.8 Å². The minimum atomic E-state index is -0.168. The van der Waals surface area contributed by atoms with Gasteiger partial charge < -0.3 is 15.3 Å². The fourth-order valence-corrected chi connectivity index (χ4v) is 6.41. The third kappa shape index (κ3) is 4.81. The molecule has 196 valence electrons. The number of amides is 1. The molecule has 0 radical (unpaired) electrons. The van der Waals surface area contributed by atoms with Crippen LogP contribution in [0.4, 0.5) is 5.69 Å². The highest BCUT2D eigenvalue weighted by atomic mass is 16.3. The summed E-state index contributed by atoms with van der Waals surface area (Å²) in [6.07, 6.45) is 4.73. The van der Waals surface area contributed by atoms with E-state index in [1.807, 2.05) is 36.4 Å². The van der Waals surface area contributed by atoms with Crippen LogP contribution in [-0.2, 0) is 0 Å². The SMILES string of the molecule is CC(C)C[C@H](NC(=O)c1ccc2[nH]nc(-c3ccc(N4[C@@H]5CC[C@H]4C[C@@H](O)C5)cc3)c2c1)c1ccccc1. The third-order valence-corrected chi connectivity index (χ3v) is 8.19. The predicted octanol–water partition coefficient (Wildman–Crippen LogP) is 6.24. The normalized spacial score (nSPS) is 21.7. The van der Waals surface area contributed by atoms with Crippen LogP contribution in [0.5, 0.6) is 0 Å². The maximum Gasteiger partial charge on any atom is 0.251 e. The second kappa shape index (κ2) is 10.3. The summed E-state index contributed by atoms with van der Waals surface area (Å²) in [5, 5.41) is 22.1. The van der Waals surface area contributed by atoms with Crippen molar-refractivity contribution in [1.82, 2.24) is 15.5 Å². The van der Waals surface area contributed by atoms with Gasteiger partial charge in [0.05, 0.1) is 23.4 Å². The van der Waals surface area contributed by atoms with Crippen LogP contribution in [0.1, 0.15) is 67.9 Å². The number of carbonyl (C=O) groups is 1. The summed E-state index contributed by atoms with van der Waals surface area (Å²) in [6, 6.07) is 25.3. The summed E-state index contributed by atoms with van der Waals surface area (Å²) >= 11 is 0. The molecule has 0 aliphatic carbocycles. The summed E-state index contributed by atoms with van der Waals surface area (Å²) in [4.78, 5) is 15.9. The zero-order valence-electron chi connectivity index (χ0n) is 22.1. The molecule has 4 aromatic rings. The molecule has 0 unspecified atom stereocenters. The van der Waals surface area contributed by atoms with E-state index in [1.54, 1.807) is 0 Å². The lowest BCUT2D eigenvalue weighted by Gasteiger charge is -2.39. The zero-order chi connectivity index (χ0) is 26.2. The number of aliphatic hydroxyl groups is 1. The molecule has 6 heteroatoms. The largest absolute Gasteiger partial charge is 0.393 e. The number of nitrogens with one attached hydrogen (secondary N) is 2. The molecule has 3 N–H and O–H groups in total. The molecule has 3 aromatic carbocycles. The molecule has 0 spiro atoms. The average Bonchev–Trinajstić information content (AvgIpc) is 3.46. The van der Waals surface area contributed by atoms with Crippen LogP contribution >= 0.6 is 0 Å². The number of piperidine rings is 1. The number of hydrogen-bond donors (Lipinski definition) is 3. The van der Waals surface area contributed by atoms with Crippen LogP contribution in [0.15, 0.2) is 72.8 Å². The zero-order valence-corrected chi connectivity index (χ0v) is 22.1. The van der Waals surface area contributed by atoms with Gasteiger partial charge in [-0.3, -0.25) is 9.89 Å². The van der Waals surface area contributed by atoms with Crippen LogP contribution in [0, 0.1) is 5.92 Å². The highest BCUT2D eigenvalue weighted by Crippen LogP contribution is 2.40. The van der Waals surface area contributed by atoms with E-state index >= 15 is 0 Å². The van der Waals surface area contributed by atoms with Gasteiger partial charge in [0.25, 0.3) is 5.91 Å². The van der Waals surface area contributed by atoms with E-state index in [9.17, 15) is 9.90 Å². The van der Waals surface area contributed by atoms with Crippen LogP contribution in [-0.4, -0.2) is 39.4 Å². The van der Waals surface area contributed by atoms with Gasteiger partial charge in [-0.15, -0.1) is 0 Å². The second-order valence-electron chi connectivity index (χ2n) is 11.4. The second-order valence-corrected chi connectivity index (χ2v) is 11.4. The molecule has 6 nitrogen and oxygen atoms in total. The number of rotatable bonds is 7. The minimum absolute atomic E-state index is 0.0399. The van der Waals surface area contributed by atoms with Gasteiger partial charge >= 0.3 is 0 Å². The van der Waals surface area contributed by atoms with Gasteiger partial charge in [-0.25, -0.2) is 0 Å². The first-order valence-corrected chi connectivity index (χ1v) is 13.9. The van der Waals surface area contributed by atoms with Crippen LogP contribution < -0.4 is 10.2 Å². The smallest absolute Gasteiger partial charge is 0.251 e. The van der Waals surface area contributed by atoms with Crippen molar-refractivity contribution >= 4 is 22.5 Å². The van der Waals surface area contributed by atoms with Gasteiger partial charge in [0.15, 0.2) is 0 Å². The number of aromatic nitrogens is 2. The Morgan fingerprint density at radius 2 is 1.74 bits per heavy atom. The fourth-order valence-electron chi connectivity index (χ4n) is 6.41. The van der Waals surface area contributed by atoms with Gasteiger partial charge in [0, 0.05) is 34.3 Å². The molecule has 2 saturated heterocycles. The first kappa shape index (κ1) is 24.7. The maximum absolute atomic E-state index is 13.4. The summed E-state index contributed by atoms with van der Waals surface area (Å²) in [6.45, 7) is 4.35. The van der Waals surface area contributed by atoms with E-state index in [1.165, 1.54) is 5.69 Å². The Balaban J connectivity index is 1.24. The van der Waals surface area contributed by atoms with Crippen molar-refractivity contribution in [2.75, 3.05) is 4.90 Å². The highest BCUT2D eigenvalue weighted by molar-refractivity contribution is 6.01. The first-order chi connectivity index (χ1) is 18.5. The van der Waals surface area contributed by atoms with Crippen LogP contribution in [0.2, 0.25) is 0 Å².